The topological polar surface area (TPSA) is 71.2 Å². The van der Waals surface area contributed by atoms with E-state index in [1.807, 2.05) is 5.48 Å². The third-order valence-electron chi connectivity index (χ3n) is 1.32. The first kappa shape index (κ1) is 9.31. The van der Waals surface area contributed by atoms with Crippen molar-refractivity contribution in [1.82, 2.24) is 10.5 Å². The standard InChI is InChI=1S/C8H10N2O3/c1-6(11)13-10-8(12)5-7-3-2-4-9-7/h2-4,9H,5H2,1H3,(H,10,12). The number of H-pyrrole nitrogens is 1. The van der Waals surface area contributed by atoms with E-state index in [0.29, 0.717) is 0 Å². The maximum atomic E-state index is 11.0. The molecule has 2 N–H and O–H groups in total. The molecule has 0 radical (unpaired) electrons. The van der Waals surface area contributed by atoms with Crippen LogP contribution in [0.3, 0.4) is 0 Å². The number of aromatic amines is 1. The molecular formula is C8H10N2O3. The van der Waals surface area contributed by atoms with Crippen LogP contribution in [0, 0.1) is 0 Å². The van der Waals surface area contributed by atoms with Crippen molar-refractivity contribution < 1.29 is 14.4 Å². The first-order valence-electron chi connectivity index (χ1n) is 3.77. The lowest BCUT2D eigenvalue weighted by atomic mass is 10.3. The summed E-state index contributed by atoms with van der Waals surface area (Å²) in [5.41, 5.74) is 2.78. The molecule has 13 heavy (non-hydrogen) atoms. The van der Waals surface area contributed by atoms with Gasteiger partial charge in [-0.1, -0.05) is 0 Å². The van der Waals surface area contributed by atoms with E-state index in [1.54, 1.807) is 18.3 Å². The second kappa shape index (κ2) is 4.30. The molecule has 5 nitrogen and oxygen atoms in total. The minimum Gasteiger partial charge on any atom is -0.365 e. The lowest BCUT2D eigenvalue weighted by Gasteiger charge is -2.01. The minimum absolute atomic E-state index is 0.167. The Hall–Kier alpha value is -1.78. The van der Waals surface area contributed by atoms with Crippen molar-refractivity contribution in [3.05, 3.63) is 24.0 Å². The fourth-order valence-electron chi connectivity index (χ4n) is 0.815. The van der Waals surface area contributed by atoms with Crippen molar-refractivity contribution in [3.63, 3.8) is 0 Å². The Kier molecular flexibility index (Phi) is 3.08. The predicted octanol–water partition coefficient (Wildman–Crippen LogP) is 0.151. The van der Waals surface area contributed by atoms with Gasteiger partial charge < -0.3 is 9.82 Å². The summed E-state index contributed by atoms with van der Waals surface area (Å²) in [4.78, 5) is 28.5. The van der Waals surface area contributed by atoms with Crippen molar-refractivity contribution in [2.75, 3.05) is 0 Å². The average Bonchev–Trinajstić information content (AvgIpc) is 2.53. The first-order valence-corrected chi connectivity index (χ1v) is 3.77. The summed E-state index contributed by atoms with van der Waals surface area (Å²) in [7, 11) is 0. The molecule has 1 rings (SSSR count). The number of aromatic nitrogens is 1. The Balaban J connectivity index is 2.30. The van der Waals surface area contributed by atoms with Gasteiger partial charge in [-0.15, -0.1) is 0 Å². The molecule has 5 heteroatoms. The summed E-state index contributed by atoms with van der Waals surface area (Å²) >= 11 is 0. The average molecular weight is 182 g/mol. The van der Waals surface area contributed by atoms with Crippen LogP contribution in [0.5, 0.6) is 0 Å². The zero-order valence-electron chi connectivity index (χ0n) is 7.16. The third-order valence-corrected chi connectivity index (χ3v) is 1.32. The van der Waals surface area contributed by atoms with Gasteiger partial charge in [0.15, 0.2) is 0 Å². The number of nitrogens with one attached hydrogen (secondary N) is 2. The molecule has 0 fully saturated rings. The van der Waals surface area contributed by atoms with Gasteiger partial charge in [-0.3, -0.25) is 9.59 Å². The van der Waals surface area contributed by atoms with Gasteiger partial charge in [0.1, 0.15) is 0 Å². The SMILES string of the molecule is CC(=O)ONC(=O)Cc1ccc[nH]1. The Bertz CT molecular complexity index is 292. The predicted molar refractivity (Wildman–Crippen MR) is 44.4 cm³/mol. The molecule has 0 aliphatic heterocycles. The van der Waals surface area contributed by atoms with Gasteiger partial charge in [0.05, 0.1) is 6.42 Å². The Morgan fingerprint density at radius 2 is 2.38 bits per heavy atom. The Labute approximate surface area is 75.0 Å². The van der Waals surface area contributed by atoms with E-state index >= 15 is 0 Å². The number of carbonyl (C=O) groups is 2. The quantitative estimate of drug-likeness (QED) is 0.639. The van der Waals surface area contributed by atoms with E-state index in [4.69, 9.17) is 0 Å². The van der Waals surface area contributed by atoms with Crippen molar-refractivity contribution in [2.45, 2.75) is 13.3 Å². The molecule has 0 aromatic carbocycles. The summed E-state index contributed by atoms with van der Waals surface area (Å²) in [5, 5.41) is 0. The van der Waals surface area contributed by atoms with Crippen LogP contribution in [0.15, 0.2) is 18.3 Å². The molecule has 70 valence electrons. The summed E-state index contributed by atoms with van der Waals surface area (Å²) in [6.07, 6.45) is 1.88. The molecule has 0 unspecified atom stereocenters. The molecule has 0 bridgehead atoms. The monoisotopic (exact) mass is 182 g/mol. The van der Waals surface area contributed by atoms with E-state index in [0.717, 1.165) is 5.69 Å². The first-order chi connectivity index (χ1) is 6.18. The number of amides is 1. The van der Waals surface area contributed by atoms with Crippen LogP contribution in [-0.4, -0.2) is 16.9 Å². The van der Waals surface area contributed by atoms with Gasteiger partial charge >= 0.3 is 5.97 Å². The minimum atomic E-state index is -0.542. The fraction of sp³-hybridized carbons (Fsp3) is 0.250. The highest BCUT2D eigenvalue weighted by Crippen LogP contribution is 1.94. The van der Waals surface area contributed by atoms with Gasteiger partial charge in [-0.05, 0) is 12.1 Å². The number of hydrogen-bond acceptors (Lipinski definition) is 3. The van der Waals surface area contributed by atoms with Gasteiger partial charge in [-0.25, -0.2) is 0 Å². The summed E-state index contributed by atoms with van der Waals surface area (Å²) < 4.78 is 0. The molecule has 1 aromatic rings. The molecule has 0 atom stereocenters. The van der Waals surface area contributed by atoms with Crippen LogP contribution in [-0.2, 0) is 20.8 Å². The summed E-state index contributed by atoms with van der Waals surface area (Å²) in [6, 6.07) is 3.56. The number of hydroxylamine groups is 1. The molecule has 0 saturated carbocycles. The fourth-order valence-corrected chi connectivity index (χ4v) is 0.815. The molecule has 0 spiro atoms. The van der Waals surface area contributed by atoms with Crippen LogP contribution < -0.4 is 5.48 Å². The zero-order chi connectivity index (χ0) is 9.68. The highest BCUT2D eigenvalue weighted by Gasteiger charge is 2.04. The Morgan fingerprint density at radius 1 is 1.62 bits per heavy atom. The lowest BCUT2D eigenvalue weighted by Crippen LogP contribution is -2.27. The molecule has 1 amide bonds. The highest BCUT2D eigenvalue weighted by molar-refractivity contribution is 5.78. The second-order valence-electron chi connectivity index (χ2n) is 2.49. The van der Waals surface area contributed by atoms with Crippen molar-refractivity contribution in [3.8, 4) is 0 Å². The summed E-state index contributed by atoms with van der Waals surface area (Å²) in [6.45, 7) is 1.22. The molecule has 1 heterocycles. The lowest BCUT2D eigenvalue weighted by molar-refractivity contribution is -0.155. The molecule has 1 aromatic heterocycles. The van der Waals surface area contributed by atoms with Gasteiger partial charge in [0, 0.05) is 18.8 Å². The van der Waals surface area contributed by atoms with Crippen molar-refractivity contribution >= 4 is 11.9 Å². The third kappa shape index (κ3) is 3.42. The largest absolute Gasteiger partial charge is 0.365 e. The molecule has 0 aliphatic carbocycles. The number of rotatable bonds is 2. The van der Waals surface area contributed by atoms with E-state index in [9.17, 15) is 9.59 Å². The van der Waals surface area contributed by atoms with Crippen molar-refractivity contribution in [2.24, 2.45) is 0 Å². The number of hydrogen-bond donors (Lipinski definition) is 2. The number of carbonyl (C=O) groups excluding carboxylic acids is 2. The van der Waals surface area contributed by atoms with Gasteiger partial charge in [0.25, 0.3) is 5.91 Å². The van der Waals surface area contributed by atoms with E-state index < -0.39 is 5.97 Å². The van der Waals surface area contributed by atoms with E-state index in [2.05, 4.69) is 9.82 Å². The normalized spacial score (nSPS) is 9.31. The second-order valence-corrected chi connectivity index (χ2v) is 2.49. The van der Waals surface area contributed by atoms with Crippen LogP contribution in [0.1, 0.15) is 12.6 Å². The zero-order valence-corrected chi connectivity index (χ0v) is 7.16. The van der Waals surface area contributed by atoms with E-state index in [-0.39, 0.29) is 12.3 Å². The molecule has 0 aliphatic rings. The highest BCUT2D eigenvalue weighted by atomic mass is 16.7. The van der Waals surface area contributed by atoms with Crippen molar-refractivity contribution in [1.29, 1.82) is 0 Å². The summed E-state index contributed by atoms with van der Waals surface area (Å²) in [5.74, 6) is -0.905. The molecular weight excluding hydrogens is 172 g/mol. The van der Waals surface area contributed by atoms with E-state index in [1.165, 1.54) is 6.92 Å². The van der Waals surface area contributed by atoms with Crippen LogP contribution in [0.4, 0.5) is 0 Å². The van der Waals surface area contributed by atoms with Crippen LogP contribution >= 0.6 is 0 Å². The van der Waals surface area contributed by atoms with Gasteiger partial charge in [0.2, 0.25) is 0 Å². The molecule has 0 saturated heterocycles. The van der Waals surface area contributed by atoms with Gasteiger partial charge in [-0.2, -0.15) is 5.48 Å². The van der Waals surface area contributed by atoms with Crippen LogP contribution in [0.2, 0.25) is 0 Å². The maximum absolute atomic E-state index is 11.0. The Morgan fingerprint density at radius 3 is 2.92 bits per heavy atom. The maximum Gasteiger partial charge on any atom is 0.329 e. The smallest absolute Gasteiger partial charge is 0.329 e. The van der Waals surface area contributed by atoms with Crippen LogP contribution in [0.25, 0.3) is 0 Å².